The zero-order valence-electron chi connectivity index (χ0n) is 11.8. The number of rotatable bonds is 2. The molecule has 1 aromatic rings. The van der Waals surface area contributed by atoms with E-state index in [9.17, 15) is 9.59 Å². The lowest BCUT2D eigenvalue weighted by Gasteiger charge is -2.34. The van der Waals surface area contributed by atoms with E-state index in [2.05, 4.69) is 15.9 Å². The molecule has 21 heavy (non-hydrogen) atoms. The van der Waals surface area contributed by atoms with Crippen molar-refractivity contribution >= 4 is 33.6 Å². The van der Waals surface area contributed by atoms with Crippen LogP contribution >= 0.6 is 15.9 Å². The zero-order chi connectivity index (χ0) is 15.4. The van der Waals surface area contributed by atoms with E-state index in [0.717, 1.165) is 0 Å². The largest absolute Gasteiger partial charge is 0.450 e. The van der Waals surface area contributed by atoms with Gasteiger partial charge in [0, 0.05) is 31.9 Å². The third-order valence-electron chi connectivity index (χ3n) is 3.35. The smallest absolute Gasteiger partial charge is 0.409 e. The van der Waals surface area contributed by atoms with E-state index in [0.29, 0.717) is 48.5 Å². The minimum absolute atomic E-state index is 0.0855. The number of piperazine rings is 1. The van der Waals surface area contributed by atoms with Gasteiger partial charge in [0.15, 0.2) is 0 Å². The van der Waals surface area contributed by atoms with E-state index in [1.165, 1.54) is 0 Å². The van der Waals surface area contributed by atoms with Gasteiger partial charge >= 0.3 is 6.09 Å². The summed E-state index contributed by atoms with van der Waals surface area (Å²) in [7, 11) is 0. The topological polar surface area (TPSA) is 75.9 Å². The van der Waals surface area contributed by atoms with Crippen LogP contribution in [0.5, 0.6) is 0 Å². The van der Waals surface area contributed by atoms with E-state index >= 15 is 0 Å². The predicted molar refractivity (Wildman–Crippen MR) is 83.1 cm³/mol. The molecule has 1 aliphatic heterocycles. The van der Waals surface area contributed by atoms with Crippen LogP contribution < -0.4 is 5.73 Å². The lowest BCUT2D eigenvalue weighted by Crippen LogP contribution is -2.50. The van der Waals surface area contributed by atoms with E-state index in [-0.39, 0.29) is 12.0 Å². The minimum atomic E-state index is -0.324. The second kappa shape index (κ2) is 6.80. The fraction of sp³-hybridized carbons (Fsp3) is 0.429. The molecule has 2 amide bonds. The van der Waals surface area contributed by atoms with Crippen molar-refractivity contribution in [3.63, 3.8) is 0 Å². The van der Waals surface area contributed by atoms with Gasteiger partial charge in [-0.2, -0.15) is 0 Å². The maximum atomic E-state index is 12.5. The second-order valence-electron chi connectivity index (χ2n) is 4.69. The predicted octanol–water partition coefficient (Wildman–Crippen LogP) is 1.95. The Bertz CT molecular complexity index is 542. The monoisotopic (exact) mass is 355 g/mol. The molecule has 0 aromatic heterocycles. The number of anilines is 1. The van der Waals surface area contributed by atoms with Gasteiger partial charge < -0.3 is 20.3 Å². The lowest BCUT2D eigenvalue weighted by atomic mass is 10.1. The van der Waals surface area contributed by atoms with E-state index in [1.54, 1.807) is 34.9 Å². The minimum Gasteiger partial charge on any atom is -0.450 e. The van der Waals surface area contributed by atoms with Gasteiger partial charge in [-0.15, -0.1) is 0 Å². The molecule has 0 atom stereocenters. The zero-order valence-corrected chi connectivity index (χ0v) is 13.4. The molecule has 0 radical (unpaired) electrons. The molecule has 0 unspecified atom stereocenters. The number of halogens is 1. The Morgan fingerprint density at radius 1 is 1.24 bits per heavy atom. The van der Waals surface area contributed by atoms with Crippen LogP contribution in [0.15, 0.2) is 22.7 Å². The van der Waals surface area contributed by atoms with Gasteiger partial charge in [-0.3, -0.25) is 4.79 Å². The maximum absolute atomic E-state index is 12.5. The first kappa shape index (κ1) is 15.6. The first-order chi connectivity index (χ1) is 10.0. The Morgan fingerprint density at radius 3 is 2.48 bits per heavy atom. The fourth-order valence-corrected chi connectivity index (χ4v) is 2.63. The van der Waals surface area contributed by atoms with Gasteiger partial charge in [-0.1, -0.05) is 6.07 Å². The van der Waals surface area contributed by atoms with Crippen molar-refractivity contribution in [1.82, 2.24) is 9.80 Å². The van der Waals surface area contributed by atoms with Crippen LogP contribution in [0.25, 0.3) is 0 Å². The average molecular weight is 356 g/mol. The third-order valence-corrected chi connectivity index (χ3v) is 4.24. The number of ether oxygens (including phenoxy) is 1. The Labute approximate surface area is 132 Å². The number of nitrogens with zero attached hydrogens (tertiary/aromatic N) is 2. The van der Waals surface area contributed by atoms with Crippen LogP contribution in [-0.4, -0.2) is 54.6 Å². The summed E-state index contributed by atoms with van der Waals surface area (Å²) < 4.78 is 5.57. The summed E-state index contributed by atoms with van der Waals surface area (Å²) in [5.74, 6) is -0.0855. The Morgan fingerprint density at radius 2 is 1.86 bits per heavy atom. The molecule has 0 aliphatic carbocycles. The third kappa shape index (κ3) is 3.47. The van der Waals surface area contributed by atoms with Crippen molar-refractivity contribution in [3.8, 4) is 0 Å². The highest BCUT2D eigenvalue weighted by molar-refractivity contribution is 9.10. The number of carbonyl (C=O) groups excluding carboxylic acids is 2. The molecule has 1 heterocycles. The number of hydrogen-bond donors (Lipinski definition) is 1. The molecule has 1 aromatic carbocycles. The summed E-state index contributed by atoms with van der Waals surface area (Å²) in [6.45, 7) is 4.05. The first-order valence-corrected chi connectivity index (χ1v) is 7.58. The summed E-state index contributed by atoms with van der Waals surface area (Å²) in [4.78, 5) is 27.4. The molecule has 1 saturated heterocycles. The number of carbonyl (C=O) groups is 2. The molecule has 0 saturated carbocycles. The van der Waals surface area contributed by atoms with Crippen molar-refractivity contribution in [3.05, 3.63) is 28.2 Å². The Balaban J connectivity index is 2.00. The second-order valence-corrected chi connectivity index (χ2v) is 5.48. The fourth-order valence-electron chi connectivity index (χ4n) is 2.19. The molecule has 6 nitrogen and oxygen atoms in total. The van der Waals surface area contributed by atoms with Crippen molar-refractivity contribution in [2.45, 2.75) is 6.92 Å². The highest BCUT2D eigenvalue weighted by Gasteiger charge is 2.26. The van der Waals surface area contributed by atoms with E-state index in [1.807, 2.05) is 0 Å². The molecule has 2 N–H and O–H groups in total. The van der Waals surface area contributed by atoms with Crippen LogP contribution in [0.2, 0.25) is 0 Å². The van der Waals surface area contributed by atoms with Gasteiger partial charge in [0.05, 0.1) is 16.6 Å². The SMILES string of the molecule is CCOC(=O)N1CCN(C(=O)c2cccc(N)c2Br)CC1. The lowest BCUT2D eigenvalue weighted by molar-refractivity contribution is 0.0570. The van der Waals surface area contributed by atoms with E-state index < -0.39 is 0 Å². The number of nitrogens with two attached hydrogens (primary N) is 1. The van der Waals surface area contributed by atoms with Crippen molar-refractivity contribution in [1.29, 1.82) is 0 Å². The Kier molecular flexibility index (Phi) is 5.06. The molecular formula is C14H18BrN3O3. The number of nitrogen functional groups attached to an aromatic ring is 1. The molecule has 7 heteroatoms. The van der Waals surface area contributed by atoms with Crippen molar-refractivity contribution < 1.29 is 14.3 Å². The van der Waals surface area contributed by atoms with E-state index in [4.69, 9.17) is 10.5 Å². The maximum Gasteiger partial charge on any atom is 0.409 e. The molecule has 2 rings (SSSR count). The summed E-state index contributed by atoms with van der Waals surface area (Å²) in [6.07, 6.45) is -0.324. The summed E-state index contributed by atoms with van der Waals surface area (Å²) in [5.41, 5.74) is 6.87. The molecule has 1 fully saturated rings. The van der Waals surface area contributed by atoms with Crippen LogP contribution in [0.1, 0.15) is 17.3 Å². The number of hydrogen-bond acceptors (Lipinski definition) is 4. The number of amides is 2. The number of benzene rings is 1. The van der Waals surface area contributed by atoms with Gasteiger partial charge in [0.25, 0.3) is 5.91 Å². The molecule has 114 valence electrons. The summed E-state index contributed by atoms with van der Waals surface area (Å²) in [5, 5.41) is 0. The normalized spacial score (nSPS) is 15.0. The van der Waals surface area contributed by atoms with Crippen molar-refractivity contribution in [2.75, 3.05) is 38.5 Å². The van der Waals surface area contributed by atoms with Crippen LogP contribution in [-0.2, 0) is 4.74 Å². The van der Waals surface area contributed by atoms with Crippen LogP contribution in [0.3, 0.4) is 0 Å². The molecule has 1 aliphatic rings. The van der Waals surface area contributed by atoms with Gasteiger partial charge in [-0.05, 0) is 35.0 Å². The average Bonchev–Trinajstić information content (AvgIpc) is 2.50. The Hall–Kier alpha value is -1.76. The highest BCUT2D eigenvalue weighted by atomic mass is 79.9. The van der Waals surface area contributed by atoms with Gasteiger partial charge in [-0.25, -0.2) is 4.79 Å². The van der Waals surface area contributed by atoms with Crippen LogP contribution in [0.4, 0.5) is 10.5 Å². The summed E-state index contributed by atoms with van der Waals surface area (Å²) >= 11 is 3.35. The standard InChI is InChI=1S/C14H18BrN3O3/c1-2-21-14(20)18-8-6-17(7-9-18)13(19)10-4-3-5-11(16)12(10)15/h3-5H,2,6-9,16H2,1H3. The van der Waals surface area contributed by atoms with Gasteiger partial charge in [0.2, 0.25) is 0 Å². The molecule has 0 bridgehead atoms. The molecular weight excluding hydrogens is 338 g/mol. The first-order valence-electron chi connectivity index (χ1n) is 6.79. The van der Waals surface area contributed by atoms with Gasteiger partial charge in [0.1, 0.15) is 0 Å². The highest BCUT2D eigenvalue weighted by Crippen LogP contribution is 2.25. The summed E-state index contributed by atoms with van der Waals surface area (Å²) in [6, 6.07) is 5.22. The molecule has 0 spiro atoms. The van der Waals surface area contributed by atoms with Crippen molar-refractivity contribution in [2.24, 2.45) is 0 Å². The quantitative estimate of drug-likeness (QED) is 0.822. The van der Waals surface area contributed by atoms with Crippen LogP contribution in [0, 0.1) is 0 Å².